The standard InChI is InChI=1S/C29H32N2O4/c1-2-34-27(32)17-9-4-3-5-12-18-35-26-20-24-28(23-16-11-10-15-22(23)26)30-25(29(33)31-24)19-21-13-7-6-8-14-21/h6-8,10-11,13-16,20H,2-5,9,12,17-19H2,1H3,(H,31,33). The van der Waals surface area contributed by atoms with Crippen molar-refractivity contribution in [3.8, 4) is 5.75 Å². The Kier molecular flexibility index (Phi) is 8.49. The van der Waals surface area contributed by atoms with Crippen LogP contribution in [0.5, 0.6) is 5.75 Å². The molecule has 0 amide bonds. The van der Waals surface area contributed by atoms with Crippen molar-refractivity contribution in [1.29, 1.82) is 0 Å². The van der Waals surface area contributed by atoms with Crippen LogP contribution in [0.1, 0.15) is 56.7 Å². The molecule has 0 saturated carbocycles. The van der Waals surface area contributed by atoms with Gasteiger partial charge in [0, 0.05) is 29.7 Å². The van der Waals surface area contributed by atoms with Crippen molar-refractivity contribution in [2.75, 3.05) is 13.2 Å². The lowest BCUT2D eigenvalue weighted by atomic mass is 10.1. The number of unbranched alkanes of at least 4 members (excludes halogenated alkanes) is 4. The fourth-order valence-electron chi connectivity index (χ4n) is 4.27. The monoisotopic (exact) mass is 472 g/mol. The van der Waals surface area contributed by atoms with Gasteiger partial charge in [-0.15, -0.1) is 0 Å². The molecule has 0 spiro atoms. The molecular weight excluding hydrogens is 440 g/mol. The Labute approximate surface area is 205 Å². The summed E-state index contributed by atoms with van der Waals surface area (Å²) in [5.41, 5.74) is 2.84. The van der Waals surface area contributed by atoms with E-state index in [0.29, 0.717) is 37.3 Å². The van der Waals surface area contributed by atoms with Gasteiger partial charge in [-0.25, -0.2) is 4.98 Å². The lowest BCUT2D eigenvalue weighted by molar-refractivity contribution is -0.143. The molecule has 0 fully saturated rings. The van der Waals surface area contributed by atoms with Crippen molar-refractivity contribution < 1.29 is 14.3 Å². The van der Waals surface area contributed by atoms with Gasteiger partial charge in [-0.2, -0.15) is 0 Å². The maximum atomic E-state index is 12.8. The van der Waals surface area contributed by atoms with Crippen molar-refractivity contribution >= 4 is 27.8 Å². The number of nitrogens with zero attached hydrogens (tertiary/aromatic N) is 1. The third-order valence-corrected chi connectivity index (χ3v) is 6.04. The van der Waals surface area contributed by atoms with E-state index < -0.39 is 0 Å². The van der Waals surface area contributed by atoms with Crippen LogP contribution in [-0.2, 0) is 16.0 Å². The maximum absolute atomic E-state index is 12.8. The Bertz CT molecular complexity index is 1330. The Morgan fingerprint density at radius 1 is 0.914 bits per heavy atom. The average molecular weight is 473 g/mol. The number of H-pyrrole nitrogens is 1. The van der Waals surface area contributed by atoms with E-state index in [2.05, 4.69) is 4.98 Å². The van der Waals surface area contributed by atoms with Crippen LogP contribution in [0.3, 0.4) is 0 Å². The molecule has 6 nitrogen and oxygen atoms in total. The molecule has 0 saturated heterocycles. The second kappa shape index (κ2) is 12.2. The first-order valence-electron chi connectivity index (χ1n) is 12.4. The van der Waals surface area contributed by atoms with E-state index >= 15 is 0 Å². The zero-order valence-electron chi connectivity index (χ0n) is 20.2. The minimum Gasteiger partial charge on any atom is -0.493 e. The van der Waals surface area contributed by atoms with Crippen LogP contribution in [0.4, 0.5) is 0 Å². The van der Waals surface area contributed by atoms with Gasteiger partial charge in [-0.1, -0.05) is 73.9 Å². The van der Waals surface area contributed by atoms with E-state index in [1.807, 2.05) is 67.6 Å². The molecule has 0 bridgehead atoms. The quantitative estimate of drug-likeness (QED) is 0.157. The van der Waals surface area contributed by atoms with Crippen molar-refractivity contribution in [2.45, 2.75) is 51.9 Å². The number of nitrogens with one attached hydrogen (secondary N) is 1. The molecule has 0 radical (unpaired) electrons. The summed E-state index contributed by atoms with van der Waals surface area (Å²) in [7, 11) is 0. The third kappa shape index (κ3) is 6.47. The van der Waals surface area contributed by atoms with Crippen LogP contribution in [0.15, 0.2) is 65.5 Å². The number of esters is 1. The summed E-state index contributed by atoms with van der Waals surface area (Å²) < 4.78 is 11.1. The Hall–Kier alpha value is -3.67. The minimum absolute atomic E-state index is 0.112. The van der Waals surface area contributed by atoms with Gasteiger partial charge in [-0.05, 0) is 25.3 Å². The molecule has 4 aromatic rings. The fourth-order valence-corrected chi connectivity index (χ4v) is 4.27. The van der Waals surface area contributed by atoms with E-state index in [9.17, 15) is 9.59 Å². The Morgan fingerprint density at radius 2 is 1.63 bits per heavy atom. The number of carbonyl (C=O) groups excluding carboxylic acids is 1. The third-order valence-electron chi connectivity index (χ3n) is 6.04. The molecule has 0 aliphatic rings. The van der Waals surface area contributed by atoms with Gasteiger partial charge in [0.15, 0.2) is 0 Å². The molecule has 0 atom stereocenters. The summed E-state index contributed by atoms with van der Waals surface area (Å²) in [6.07, 6.45) is 5.87. The molecule has 1 aromatic heterocycles. The molecule has 4 rings (SSSR count). The zero-order chi connectivity index (χ0) is 24.5. The SMILES string of the molecule is CCOC(=O)CCCCCCCOc1cc2[nH]c(=O)c(Cc3ccccc3)nc2c2ccccc12. The van der Waals surface area contributed by atoms with E-state index in [0.717, 1.165) is 59.7 Å². The van der Waals surface area contributed by atoms with Crippen molar-refractivity contribution in [2.24, 2.45) is 0 Å². The van der Waals surface area contributed by atoms with Crippen LogP contribution >= 0.6 is 0 Å². The van der Waals surface area contributed by atoms with Crippen LogP contribution in [0.2, 0.25) is 0 Å². The Balaban J connectivity index is 1.42. The van der Waals surface area contributed by atoms with Gasteiger partial charge in [0.25, 0.3) is 5.56 Å². The highest BCUT2D eigenvalue weighted by Gasteiger charge is 2.13. The molecule has 0 aliphatic carbocycles. The summed E-state index contributed by atoms with van der Waals surface area (Å²) in [5, 5.41) is 1.95. The molecule has 3 aromatic carbocycles. The largest absolute Gasteiger partial charge is 0.493 e. The number of hydrogen-bond acceptors (Lipinski definition) is 5. The molecule has 0 aliphatic heterocycles. The number of carbonyl (C=O) groups is 1. The zero-order valence-corrected chi connectivity index (χ0v) is 20.2. The van der Waals surface area contributed by atoms with Crippen LogP contribution in [0.25, 0.3) is 21.8 Å². The number of fused-ring (bicyclic) bond motifs is 3. The first kappa shape index (κ1) is 24.5. The molecular formula is C29H32N2O4. The highest BCUT2D eigenvalue weighted by molar-refractivity contribution is 6.07. The second-order valence-electron chi connectivity index (χ2n) is 8.66. The molecule has 6 heteroatoms. The number of aromatic nitrogens is 2. The Morgan fingerprint density at radius 3 is 2.43 bits per heavy atom. The predicted molar refractivity (Wildman–Crippen MR) is 139 cm³/mol. The van der Waals surface area contributed by atoms with E-state index in [1.54, 1.807) is 0 Å². The number of hydrogen-bond donors (Lipinski definition) is 1. The van der Waals surface area contributed by atoms with Gasteiger partial charge in [0.05, 0.1) is 24.2 Å². The summed E-state index contributed by atoms with van der Waals surface area (Å²) >= 11 is 0. The topological polar surface area (TPSA) is 81.3 Å². The first-order valence-corrected chi connectivity index (χ1v) is 12.4. The van der Waals surface area contributed by atoms with Crippen LogP contribution in [-0.4, -0.2) is 29.2 Å². The molecule has 0 unspecified atom stereocenters. The van der Waals surface area contributed by atoms with Gasteiger partial charge >= 0.3 is 5.97 Å². The van der Waals surface area contributed by atoms with Crippen LogP contribution in [0, 0.1) is 0 Å². The summed E-state index contributed by atoms with van der Waals surface area (Å²) in [6, 6.07) is 19.8. The van der Waals surface area contributed by atoms with Crippen molar-refractivity contribution in [1.82, 2.24) is 9.97 Å². The highest BCUT2D eigenvalue weighted by Crippen LogP contribution is 2.31. The van der Waals surface area contributed by atoms with Gasteiger partial charge < -0.3 is 14.5 Å². The predicted octanol–water partition coefficient (Wildman–Crippen LogP) is 5.95. The number of ether oxygens (including phenoxy) is 2. The fraction of sp³-hybridized carbons (Fsp3) is 0.345. The summed E-state index contributed by atoms with van der Waals surface area (Å²) in [5.74, 6) is 0.641. The van der Waals surface area contributed by atoms with Gasteiger partial charge in [-0.3, -0.25) is 9.59 Å². The van der Waals surface area contributed by atoms with Crippen molar-refractivity contribution in [3.63, 3.8) is 0 Å². The first-order chi connectivity index (χ1) is 17.2. The van der Waals surface area contributed by atoms with Gasteiger partial charge in [0.1, 0.15) is 11.4 Å². The molecule has 182 valence electrons. The molecule has 35 heavy (non-hydrogen) atoms. The maximum Gasteiger partial charge on any atom is 0.305 e. The second-order valence-corrected chi connectivity index (χ2v) is 8.66. The van der Waals surface area contributed by atoms with Crippen molar-refractivity contribution in [3.05, 3.63) is 82.3 Å². The number of aromatic amines is 1. The van der Waals surface area contributed by atoms with E-state index in [-0.39, 0.29) is 11.5 Å². The summed E-state index contributed by atoms with van der Waals surface area (Å²) in [4.78, 5) is 31.9. The van der Waals surface area contributed by atoms with Crippen LogP contribution < -0.4 is 10.3 Å². The average Bonchev–Trinajstić information content (AvgIpc) is 2.87. The summed E-state index contributed by atoms with van der Waals surface area (Å²) in [6.45, 7) is 2.86. The lowest BCUT2D eigenvalue weighted by Gasteiger charge is -2.12. The number of rotatable bonds is 12. The molecule has 1 N–H and O–H groups in total. The lowest BCUT2D eigenvalue weighted by Crippen LogP contribution is -2.16. The smallest absolute Gasteiger partial charge is 0.305 e. The van der Waals surface area contributed by atoms with E-state index in [1.165, 1.54) is 0 Å². The molecule has 1 heterocycles. The minimum atomic E-state index is -0.176. The normalized spacial score (nSPS) is 11.1. The number of benzene rings is 3. The van der Waals surface area contributed by atoms with Gasteiger partial charge in [0.2, 0.25) is 0 Å². The van der Waals surface area contributed by atoms with E-state index in [4.69, 9.17) is 14.5 Å². The highest BCUT2D eigenvalue weighted by atomic mass is 16.5.